The molecule has 0 radical (unpaired) electrons. The van der Waals surface area contributed by atoms with E-state index in [9.17, 15) is 24.3 Å². The number of rotatable bonds is 11. The number of carbonyl (C=O) groups is 4. The van der Waals surface area contributed by atoms with Crippen molar-refractivity contribution >= 4 is 29.5 Å². The van der Waals surface area contributed by atoms with Crippen LogP contribution in [0.3, 0.4) is 0 Å². The molecule has 0 saturated carbocycles. The first-order valence-electron chi connectivity index (χ1n) is 11.9. The van der Waals surface area contributed by atoms with Crippen LogP contribution in [0.4, 0.5) is 10.5 Å². The minimum atomic E-state index is -1.30. The van der Waals surface area contributed by atoms with E-state index in [4.69, 9.17) is 14.2 Å². The lowest BCUT2D eigenvalue weighted by atomic mass is 10.0. The van der Waals surface area contributed by atoms with Gasteiger partial charge in [0, 0.05) is 25.2 Å². The highest BCUT2D eigenvalue weighted by molar-refractivity contribution is 6.24. The van der Waals surface area contributed by atoms with Crippen LogP contribution in [-0.2, 0) is 19.0 Å². The fourth-order valence-electron chi connectivity index (χ4n) is 3.91. The molecule has 0 aliphatic carbocycles. The molecule has 0 aromatic heterocycles. The molecule has 4 amide bonds. The fourth-order valence-corrected chi connectivity index (χ4v) is 3.91. The molecule has 2 aliphatic rings. The van der Waals surface area contributed by atoms with Gasteiger partial charge in [-0.05, 0) is 39.3 Å². The van der Waals surface area contributed by atoms with Crippen molar-refractivity contribution in [1.82, 2.24) is 15.5 Å². The van der Waals surface area contributed by atoms with Gasteiger partial charge in [-0.3, -0.25) is 19.3 Å². The molecule has 1 saturated heterocycles. The molecule has 198 valence electrons. The highest BCUT2D eigenvalue weighted by Gasteiger charge is 2.45. The maximum atomic E-state index is 13.1. The number of hydrogen-bond donors (Lipinski definition) is 4. The van der Waals surface area contributed by atoms with E-state index in [-0.39, 0.29) is 29.9 Å². The Bertz CT molecular complexity index is 977. The molecule has 2 unspecified atom stereocenters. The maximum Gasteiger partial charge on any atom is 0.407 e. The molecular formula is C24H34N4O8. The van der Waals surface area contributed by atoms with Gasteiger partial charge in [0.2, 0.25) is 5.91 Å². The summed E-state index contributed by atoms with van der Waals surface area (Å²) >= 11 is 0. The van der Waals surface area contributed by atoms with Crippen LogP contribution in [0.1, 0.15) is 54.3 Å². The number of hydrogen-bond acceptors (Lipinski definition) is 9. The zero-order chi connectivity index (χ0) is 26.3. The van der Waals surface area contributed by atoms with E-state index in [1.54, 1.807) is 39.0 Å². The first-order chi connectivity index (χ1) is 17.1. The van der Waals surface area contributed by atoms with E-state index in [0.717, 1.165) is 4.90 Å². The van der Waals surface area contributed by atoms with Gasteiger partial charge < -0.3 is 35.3 Å². The Balaban J connectivity index is 1.37. The van der Waals surface area contributed by atoms with Crippen molar-refractivity contribution in [2.45, 2.75) is 51.5 Å². The molecule has 12 nitrogen and oxygen atoms in total. The molecule has 0 bridgehead atoms. The van der Waals surface area contributed by atoms with E-state index in [1.807, 2.05) is 0 Å². The van der Waals surface area contributed by atoms with Crippen LogP contribution in [0.5, 0.6) is 0 Å². The third-order valence-electron chi connectivity index (χ3n) is 5.47. The van der Waals surface area contributed by atoms with Crippen LogP contribution < -0.4 is 16.0 Å². The van der Waals surface area contributed by atoms with Crippen LogP contribution in [-0.4, -0.2) is 91.2 Å². The van der Waals surface area contributed by atoms with E-state index in [0.29, 0.717) is 45.2 Å². The summed E-state index contributed by atoms with van der Waals surface area (Å²) in [6, 6.07) is 4.13. The van der Waals surface area contributed by atoms with Gasteiger partial charge in [0.05, 0.1) is 43.6 Å². The summed E-state index contributed by atoms with van der Waals surface area (Å²) in [6.07, 6.45) is -1.46. The molecule has 36 heavy (non-hydrogen) atoms. The van der Waals surface area contributed by atoms with Crippen molar-refractivity contribution in [1.29, 1.82) is 0 Å². The third-order valence-corrected chi connectivity index (χ3v) is 5.47. The van der Waals surface area contributed by atoms with Gasteiger partial charge in [0.1, 0.15) is 11.8 Å². The van der Waals surface area contributed by atoms with Gasteiger partial charge in [-0.1, -0.05) is 6.07 Å². The normalized spacial score (nSPS) is 19.7. The number of carbonyl (C=O) groups excluding carboxylic acids is 4. The third kappa shape index (κ3) is 7.15. The van der Waals surface area contributed by atoms with Crippen molar-refractivity contribution in [3.63, 3.8) is 0 Å². The van der Waals surface area contributed by atoms with Crippen molar-refractivity contribution in [3.05, 3.63) is 29.3 Å². The summed E-state index contributed by atoms with van der Waals surface area (Å²) < 4.78 is 16.0. The standard InChI is InChI=1S/C24H34N4O8/c1-24(2,3)36-23(33)26-10-12-35-14-13-34-11-9-25-16-6-4-5-15-19(16)22(32)28(21(15)31)17-7-8-18(29)27-20(17)30/h4-6,17,20,25,30H,7-14H2,1-3H3,(H,26,33)(H,27,29). The minimum absolute atomic E-state index is 0.127. The van der Waals surface area contributed by atoms with Gasteiger partial charge in [-0.2, -0.15) is 0 Å². The number of alkyl carbamates (subject to hydrolysis) is 1. The molecule has 1 fully saturated rings. The summed E-state index contributed by atoms with van der Waals surface area (Å²) in [4.78, 5) is 50.0. The largest absolute Gasteiger partial charge is 0.444 e. The van der Waals surface area contributed by atoms with Gasteiger partial charge in [-0.25, -0.2) is 4.79 Å². The Kier molecular flexibility index (Phi) is 9.24. The maximum absolute atomic E-state index is 13.1. The number of aliphatic hydroxyl groups is 1. The monoisotopic (exact) mass is 506 g/mol. The Hall–Kier alpha value is -3.22. The van der Waals surface area contributed by atoms with E-state index in [2.05, 4.69) is 16.0 Å². The van der Waals surface area contributed by atoms with Gasteiger partial charge in [0.15, 0.2) is 0 Å². The first kappa shape index (κ1) is 27.4. The molecule has 2 aliphatic heterocycles. The van der Waals surface area contributed by atoms with E-state index in [1.165, 1.54) is 0 Å². The Morgan fingerprint density at radius 3 is 2.44 bits per heavy atom. The van der Waals surface area contributed by atoms with Crippen LogP contribution in [0, 0.1) is 0 Å². The van der Waals surface area contributed by atoms with Crippen LogP contribution in [0.15, 0.2) is 18.2 Å². The Morgan fingerprint density at radius 1 is 1.08 bits per heavy atom. The number of fused-ring (bicyclic) bond motifs is 1. The predicted octanol–water partition coefficient (Wildman–Crippen LogP) is 0.849. The summed E-state index contributed by atoms with van der Waals surface area (Å²) in [7, 11) is 0. The summed E-state index contributed by atoms with van der Waals surface area (Å²) in [6.45, 7) is 7.43. The van der Waals surface area contributed by atoms with Crippen LogP contribution in [0.25, 0.3) is 0 Å². The predicted molar refractivity (Wildman–Crippen MR) is 128 cm³/mol. The zero-order valence-corrected chi connectivity index (χ0v) is 20.8. The summed E-state index contributed by atoms with van der Waals surface area (Å²) in [5.74, 6) is -1.32. The number of piperidine rings is 1. The SMILES string of the molecule is CC(C)(C)OC(=O)NCCOCCOCCNc1cccc2c1C(=O)N(C1CCC(=O)NC1O)C2=O. The average molecular weight is 507 g/mol. The van der Waals surface area contributed by atoms with Gasteiger partial charge >= 0.3 is 6.09 Å². The minimum Gasteiger partial charge on any atom is -0.444 e. The lowest BCUT2D eigenvalue weighted by molar-refractivity contribution is -0.129. The molecule has 1 aromatic rings. The second kappa shape index (κ2) is 12.2. The lowest BCUT2D eigenvalue weighted by Gasteiger charge is -2.33. The molecule has 0 spiro atoms. The average Bonchev–Trinajstić information content (AvgIpc) is 3.05. The number of anilines is 1. The van der Waals surface area contributed by atoms with Crippen molar-refractivity contribution in [2.75, 3.05) is 44.8 Å². The number of benzene rings is 1. The lowest BCUT2D eigenvalue weighted by Crippen LogP contribution is -2.57. The second-order valence-electron chi connectivity index (χ2n) is 9.41. The Labute approximate surface area is 209 Å². The number of imide groups is 1. The molecular weight excluding hydrogens is 472 g/mol. The van der Waals surface area contributed by atoms with Crippen LogP contribution >= 0.6 is 0 Å². The smallest absolute Gasteiger partial charge is 0.407 e. The number of nitrogens with one attached hydrogen (secondary N) is 3. The number of ether oxygens (including phenoxy) is 3. The van der Waals surface area contributed by atoms with Crippen molar-refractivity contribution in [3.8, 4) is 0 Å². The zero-order valence-electron chi connectivity index (χ0n) is 20.8. The molecule has 2 atom stereocenters. The number of amides is 4. The molecule has 1 aromatic carbocycles. The second-order valence-corrected chi connectivity index (χ2v) is 9.41. The van der Waals surface area contributed by atoms with Crippen molar-refractivity contribution in [2.24, 2.45) is 0 Å². The molecule has 3 rings (SSSR count). The highest BCUT2D eigenvalue weighted by Crippen LogP contribution is 2.32. The van der Waals surface area contributed by atoms with E-state index < -0.39 is 35.8 Å². The summed E-state index contributed by atoms with van der Waals surface area (Å²) in [5.41, 5.74) is 0.442. The number of nitrogens with zero attached hydrogens (tertiary/aromatic N) is 1. The molecule has 12 heteroatoms. The quantitative estimate of drug-likeness (QED) is 0.252. The first-order valence-corrected chi connectivity index (χ1v) is 11.9. The highest BCUT2D eigenvalue weighted by atomic mass is 16.6. The molecule has 2 heterocycles. The van der Waals surface area contributed by atoms with Gasteiger partial charge in [0.25, 0.3) is 11.8 Å². The van der Waals surface area contributed by atoms with Gasteiger partial charge in [-0.15, -0.1) is 0 Å². The van der Waals surface area contributed by atoms with E-state index >= 15 is 0 Å². The fraction of sp³-hybridized carbons (Fsp3) is 0.583. The molecule has 4 N–H and O–H groups in total. The summed E-state index contributed by atoms with van der Waals surface area (Å²) in [5, 5.41) is 18.3. The van der Waals surface area contributed by atoms with Crippen molar-refractivity contribution < 1.29 is 38.5 Å². The van der Waals surface area contributed by atoms with Crippen LogP contribution in [0.2, 0.25) is 0 Å². The Morgan fingerprint density at radius 2 is 1.78 bits per heavy atom. The number of aliphatic hydroxyl groups excluding tert-OH is 1. The topological polar surface area (TPSA) is 156 Å².